The molecule has 0 amide bonds. The Morgan fingerprint density at radius 2 is 1.72 bits per heavy atom. The quantitative estimate of drug-likeness (QED) is 0.611. The van der Waals surface area contributed by atoms with Crippen molar-refractivity contribution in [3.05, 3.63) is 63.1 Å². The molecule has 3 rings (SSSR count). The largest absolute Gasteiger partial charge is 0.507 e. The average Bonchev–Trinajstić information content (AvgIpc) is 2.35. The summed E-state index contributed by atoms with van der Waals surface area (Å²) in [6.07, 6.45) is 1.20. The van der Waals surface area contributed by atoms with Gasteiger partial charge in [0.15, 0.2) is 11.6 Å². The number of carbonyl (C=O) groups is 2. The van der Waals surface area contributed by atoms with Gasteiger partial charge in [-0.25, -0.2) is 0 Å². The number of aromatic hydroxyl groups is 1. The van der Waals surface area contributed by atoms with Gasteiger partial charge in [-0.3, -0.25) is 14.4 Å². The van der Waals surface area contributed by atoms with Gasteiger partial charge in [-0.15, -0.1) is 0 Å². The zero-order chi connectivity index (χ0) is 12.9. The normalized spacial score (nSPS) is 13.1. The summed E-state index contributed by atoms with van der Waals surface area (Å²) in [7, 11) is 0. The lowest BCUT2D eigenvalue weighted by atomic mass is 9.85. The molecule has 0 saturated heterocycles. The molecular weight excluding hydrogens is 234 g/mol. The Balaban J connectivity index is 2.39. The maximum absolute atomic E-state index is 12.2. The van der Waals surface area contributed by atoms with E-state index in [1.807, 2.05) is 0 Å². The molecule has 0 atom stereocenters. The van der Waals surface area contributed by atoms with Crippen molar-refractivity contribution in [3.8, 4) is 5.75 Å². The van der Waals surface area contributed by atoms with Crippen LogP contribution in [-0.2, 0) is 0 Å². The molecule has 1 aliphatic carbocycles. The Hall–Kier alpha value is -2.69. The van der Waals surface area contributed by atoms with Gasteiger partial charge in [-0.1, -0.05) is 12.1 Å². The summed E-state index contributed by atoms with van der Waals surface area (Å²) < 4.78 is 0. The van der Waals surface area contributed by atoms with Crippen molar-refractivity contribution in [1.82, 2.24) is 4.98 Å². The summed E-state index contributed by atoms with van der Waals surface area (Å²) in [6, 6.07) is 5.39. The molecule has 0 saturated carbocycles. The van der Waals surface area contributed by atoms with Gasteiger partial charge in [0.2, 0.25) is 5.56 Å². The number of aromatic nitrogens is 1. The summed E-state index contributed by atoms with van der Waals surface area (Å²) in [5.74, 6) is -1.13. The lowest BCUT2D eigenvalue weighted by Gasteiger charge is -2.17. The fourth-order valence-electron chi connectivity index (χ4n) is 2.10. The summed E-state index contributed by atoms with van der Waals surface area (Å²) in [5.41, 5.74) is -0.158. The minimum absolute atomic E-state index is 0.0120. The van der Waals surface area contributed by atoms with Gasteiger partial charge < -0.3 is 10.1 Å². The highest BCUT2D eigenvalue weighted by molar-refractivity contribution is 6.29. The lowest BCUT2D eigenvalue weighted by molar-refractivity contribution is 0.0976. The Bertz CT molecular complexity index is 758. The highest BCUT2D eigenvalue weighted by Crippen LogP contribution is 2.31. The van der Waals surface area contributed by atoms with Gasteiger partial charge in [0.1, 0.15) is 5.75 Å². The number of carbonyl (C=O) groups excluding carboxylic acids is 2. The van der Waals surface area contributed by atoms with Crippen LogP contribution in [0.1, 0.15) is 31.8 Å². The molecule has 2 aromatic rings. The van der Waals surface area contributed by atoms with Crippen molar-refractivity contribution in [2.45, 2.75) is 0 Å². The number of pyridine rings is 1. The molecule has 0 radical (unpaired) electrons. The lowest BCUT2D eigenvalue weighted by Crippen LogP contribution is -2.24. The third kappa shape index (κ3) is 1.24. The van der Waals surface area contributed by atoms with Crippen LogP contribution in [0.2, 0.25) is 0 Å². The first-order chi connectivity index (χ1) is 8.59. The van der Waals surface area contributed by atoms with Gasteiger partial charge in [0, 0.05) is 23.4 Å². The second kappa shape index (κ2) is 3.40. The first-order valence-electron chi connectivity index (χ1n) is 5.23. The van der Waals surface area contributed by atoms with E-state index in [1.165, 1.54) is 24.4 Å². The third-order valence-corrected chi connectivity index (χ3v) is 2.93. The summed E-state index contributed by atoms with van der Waals surface area (Å²) in [4.78, 5) is 37.8. The second-order valence-corrected chi connectivity index (χ2v) is 3.98. The van der Waals surface area contributed by atoms with Crippen molar-refractivity contribution >= 4 is 11.6 Å². The summed E-state index contributed by atoms with van der Waals surface area (Å²) in [6.45, 7) is 0. The molecule has 1 aromatic heterocycles. The van der Waals surface area contributed by atoms with Crippen molar-refractivity contribution in [2.24, 2.45) is 0 Å². The minimum atomic E-state index is -0.464. The maximum Gasteiger partial charge on any atom is 0.248 e. The first-order valence-corrected chi connectivity index (χ1v) is 5.23. The van der Waals surface area contributed by atoms with E-state index < -0.39 is 17.1 Å². The molecule has 1 heterocycles. The number of hydrogen-bond acceptors (Lipinski definition) is 4. The smallest absolute Gasteiger partial charge is 0.248 e. The van der Waals surface area contributed by atoms with E-state index in [2.05, 4.69) is 4.98 Å². The van der Waals surface area contributed by atoms with Crippen molar-refractivity contribution in [2.75, 3.05) is 0 Å². The SMILES string of the molecule is O=C1c2cc(=O)[nH]cc2C(=O)c2c(O)cccc21. The second-order valence-electron chi connectivity index (χ2n) is 3.98. The molecule has 0 aliphatic heterocycles. The highest BCUT2D eigenvalue weighted by Gasteiger charge is 2.31. The molecule has 88 valence electrons. The number of phenolic OH excluding ortho intramolecular Hbond substituents is 1. The molecule has 5 heteroatoms. The number of ketones is 2. The molecule has 0 bridgehead atoms. The summed E-state index contributed by atoms with van der Waals surface area (Å²) in [5, 5.41) is 9.68. The number of benzene rings is 1. The van der Waals surface area contributed by atoms with Crippen molar-refractivity contribution < 1.29 is 14.7 Å². The van der Waals surface area contributed by atoms with E-state index in [9.17, 15) is 19.5 Å². The van der Waals surface area contributed by atoms with Gasteiger partial charge >= 0.3 is 0 Å². The number of aromatic amines is 1. The molecule has 5 nitrogen and oxygen atoms in total. The number of phenols is 1. The van der Waals surface area contributed by atoms with E-state index in [0.29, 0.717) is 0 Å². The fourth-order valence-corrected chi connectivity index (χ4v) is 2.10. The van der Waals surface area contributed by atoms with Gasteiger partial charge in [-0.05, 0) is 6.07 Å². The van der Waals surface area contributed by atoms with Gasteiger partial charge in [-0.2, -0.15) is 0 Å². The van der Waals surface area contributed by atoms with E-state index in [-0.39, 0.29) is 28.0 Å². The molecule has 18 heavy (non-hydrogen) atoms. The topological polar surface area (TPSA) is 87.2 Å². The first kappa shape index (κ1) is 10.5. The number of H-pyrrole nitrogens is 1. The average molecular weight is 241 g/mol. The third-order valence-electron chi connectivity index (χ3n) is 2.93. The minimum Gasteiger partial charge on any atom is -0.507 e. The van der Waals surface area contributed by atoms with E-state index in [1.54, 1.807) is 0 Å². The van der Waals surface area contributed by atoms with Gasteiger partial charge in [0.05, 0.1) is 11.1 Å². The molecule has 1 aromatic carbocycles. The molecule has 0 unspecified atom stereocenters. The fraction of sp³-hybridized carbons (Fsp3) is 0. The Morgan fingerprint density at radius 1 is 0.944 bits per heavy atom. The molecular formula is C13H7NO4. The van der Waals surface area contributed by atoms with Crippen LogP contribution in [0.25, 0.3) is 0 Å². The monoisotopic (exact) mass is 241 g/mol. The van der Waals surface area contributed by atoms with Crippen molar-refractivity contribution in [3.63, 3.8) is 0 Å². The number of nitrogens with one attached hydrogen (secondary N) is 1. The van der Waals surface area contributed by atoms with Crippen LogP contribution in [0, 0.1) is 0 Å². The van der Waals surface area contributed by atoms with Crippen LogP contribution < -0.4 is 5.56 Å². The Morgan fingerprint density at radius 3 is 2.50 bits per heavy atom. The van der Waals surface area contributed by atoms with Crippen LogP contribution in [0.4, 0.5) is 0 Å². The zero-order valence-electron chi connectivity index (χ0n) is 9.06. The van der Waals surface area contributed by atoms with Crippen LogP contribution in [0.3, 0.4) is 0 Å². The van der Waals surface area contributed by atoms with Crippen LogP contribution in [0.5, 0.6) is 5.75 Å². The Labute approximate surface area is 101 Å². The zero-order valence-corrected chi connectivity index (χ0v) is 9.06. The highest BCUT2D eigenvalue weighted by atomic mass is 16.3. The van der Waals surface area contributed by atoms with Crippen LogP contribution in [0.15, 0.2) is 35.3 Å². The molecule has 1 aliphatic rings. The van der Waals surface area contributed by atoms with Crippen molar-refractivity contribution in [1.29, 1.82) is 0 Å². The number of fused-ring (bicyclic) bond motifs is 2. The Kier molecular flexibility index (Phi) is 1.98. The number of rotatable bonds is 0. The van der Waals surface area contributed by atoms with Crippen LogP contribution >= 0.6 is 0 Å². The molecule has 2 N–H and O–H groups in total. The van der Waals surface area contributed by atoms with E-state index >= 15 is 0 Å². The maximum atomic E-state index is 12.2. The standard InChI is InChI=1S/C13H7NO4/c15-9-3-1-2-6-11(9)13(18)8-5-14-10(16)4-7(8)12(6)17/h1-5,15H,(H,14,16). The predicted molar refractivity (Wildman–Crippen MR) is 62.0 cm³/mol. The van der Waals surface area contributed by atoms with Crippen LogP contribution in [-0.4, -0.2) is 21.7 Å². The van der Waals surface area contributed by atoms with Gasteiger partial charge in [0.25, 0.3) is 0 Å². The summed E-state index contributed by atoms with van der Waals surface area (Å²) >= 11 is 0. The predicted octanol–water partition coefficient (Wildman–Crippen LogP) is 0.856. The van der Waals surface area contributed by atoms with E-state index in [0.717, 1.165) is 6.07 Å². The molecule has 0 fully saturated rings. The molecule has 0 spiro atoms. The number of hydrogen-bond donors (Lipinski definition) is 2. The van der Waals surface area contributed by atoms with E-state index in [4.69, 9.17) is 0 Å².